The fourth-order valence-corrected chi connectivity index (χ4v) is 1.58. The summed E-state index contributed by atoms with van der Waals surface area (Å²) in [6.07, 6.45) is 3.68. The quantitative estimate of drug-likeness (QED) is 0.569. The first kappa shape index (κ1) is 12.2. The molecule has 2 nitrogen and oxygen atoms in total. The smallest absolute Gasteiger partial charge is 0.160 e. The van der Waals surface area contributed by atoms with Gasteiger partial charge in [0.05, 0.1) is 7.11 Å². The normalized spacial score (nSPS) is 11.1. The average molecular weight is 216 g/mol. The fraction of sp³-hybridized carbons (Fsp3) is 0.214. The summed E-state index contributed by atoms with van der Waals surface area (Å²) in [5, 5.41) is 0. The van der Waals surface area contributed by atoms with E-state index >= 15 is 0 Å². The SMILES string of the molecule is C=C/C(=C\C)c1ccc(OC)cc1C(C)=O. The molecular formula is C14H16O2. The number of hydrogen-bond donors (Lipinski definition) is 0. The van der Waals surface area contributed by atoms with Crippen molar-refractivity contribution in [3.05, 3.63) is 48.1 Å². The summed E-state index contributed by atoms with van der Waals surface area (Å²) in [4.78, 5) is 11.6. The van der Waals surface area contributed by atoms with Gasteiger partial charge in [-0.15, -0.1) is 0 Å². The molecule has 0 N–H and O–H groups in total. The second-order valence-electron chi connectivity index (χ2n) is 3.42. The molecule has 0 saturated heterocycles. The standard InChI is InChI=1S/C14H16O2/c1-5-11(6-2)13-8-7-12(16-4)9-14(13)10(3)15/h5-9H,1H2,2-4H3/b11-6+. The number of methoxy groups -OCH3 is 1. The predicted octanol–water partition coefficient (Wildman–Crippen LogP) is 3.49. The average Bonchev–Trinajstić information content (AvgIpc) is 2.30. The zero-order valence-corrected chi connectivity index (χ0v) is 9.91. The monoisotopic (exact) mass is 216 g/mol. The minimum atomic E-state index is 0.0232. The number of allylic oxidation sites excluding steroid dienone is 3. The Kier molecular flexibility index (Phi) is 4.06. The van der Waals surface area contributed by atoms with Crippen LogP contribution in [0.5, 0.6) is 5.75 Å². The molecule has 0 aromatic heterocycles. The van der Waals surface area contributed by atoms with E-state index in [1.54, 1.807) is 26.2 Å². The zero-order chi connectivity index (χ0) is 12.1. The molecule has 0 atom stereocenters. The molecule has 1 rings (SSSR count). The van der Waals surface area contributed by atoms with Crippen LogP contribution in [0.4, 0.5) is 0 Å². The van der Waals surface area contributed by atoms with Crippen molar-refractivity contribution in [2.75, 3.05) is 7.11 Å². The minimum Gasteiger partial charge on any atom is -0.497 e. The van der Waals surface area contributed by atoms with E-state index in [1.807, 2.05) is 25.1 Å². The van der Waals surface area contributed by atoms with Crippen molar-refractivity contribution in [2.45, 2.75) is 13.8 Å². The molecule has 0 aliphatic heterocycles. The lowest BCUT2D eigenvalue weighted by molar-refractivity contribution is 0.101. The molecule has 0 fully saturated rings. The summed E-state index contributed by atoms with van der Waals surface area (Å²) in [6.45, 7) is 7.21. The molecule has 0 amide bonds. The first-order valence-electron chi connectivity index (χ1n) is 5.12. The van der Waals surface area contributed by atoms with Crippen molar-refractivity contribution in [3.8, 4) is 5.75 Å². The van der Waals surface area contributed by atoms with Crippen LogP contribution in [-0.2, 0) is 0 Å². The number of rotatable bonds is 4. The van der Waals surface area contributed by atoms with E-state index in [0.29, 0.717) is 11.3 Å². The number of ether oxygens (including phenoxy) is 1. The van der Waals surface area contributed by atoms with Gasteiger partial charge in [0.15, 0.2) is 5.78 Å². The van der Waals surface area contributed by atoms with Gasteiger partial charge >= 0.3 is 0 Å². The lowest BCUT2D eigenvalue weighted by Crippen LogP contribution is -1.99. The molecule has 0 spiro atoms. The summed E-state index contributed by atoms with van der Waals surface area (Å²) in [5.41, 5.74) is 2.51. The Balaban J connectivity index is 3.39. The maximum Gasteiger partial charge on any atom is 0.160 e. The molecule has 0 saturated carbocycles. The van der Waals surface area contributed by atoms with Gasteiger partial charge in [0.25, 0.3) is 0 Å². The number of carbonyl (C=O) groups excluding carboxylic acids is 1. The van der Waals surface area contributed by atoms with Gasteiger partial charge in [0.2, 0.25) is 0 Å². The third-order valence-corrected chi connectivity index (χ3v) is 2.45. The van der Waals surface area contributed by atoms with Crippen molar-refractivity contribution >= 4 is 11.4 Å². The summed E-state index contributed by atoms with van der Waals surface area (Å²) >= 11 is 0. The Morgan fingerprint density at radius 3 is 2.50 bits per heavy atom. The summed E-state index contributed by atoms with van der Waals surface area (Å²) in [5.74, 6) is 0.712. The van der Waals surface area contributed by atoms with E-state index in [9.17, 15) is 4.79 Å². The van der Waals surface area contributed by atoms with Crippen LogP contribution in [0.3, 0.4) is 0 Å². The summed E-state index contributed by atoms with van der Waals surface area (Å²) < 4.78 is 5.11. The second-order valence-corrected chi connectivity index (χ2v) is 3.42. The molecule has 0 aliphatic carbocycles. The van der Waals surface area contributed by atoms with Crippen LogP contribution < -0.4 is 4.74 Å². The van der Waals surface area contributed by atoms with E-state index in [0.717, 1.165) is 11.1 Å². The van der Waals surface area contributed by atoms with E-state index in [2.05, 4.69) is 6.58 Å². The third kappa shape index (κ3) is 2.40. The molecular weight excluding hydrogens is 200 g/mol. The Morgan fingerprint density at radius 1 is 1.38 bits per heavy atom. The number of ketones is 1. The van der Waals surface area contributed by atoms with Crippen molar-refractivity contribution in [3.63, 3.8) is 0 Å². The highest BCUT2D eigenvalue weighted by Gasteiger charge is 2.10. The van der Waals surface area contributed by atoms with Crippen LogP contribution in [0.1, 0.15) is 29.8 Å². The topological polar surface area (TPSA) is 26.3 Å². The number of hydrogen-bond acceptors (Lipinski definition) is 2. The Morgan fingerprint density at radius 2 is 2.06 bits per heavy atom. The van der Waals surface area contributed by atoms with Crippen LogP contribution in [0.25, 0.3) is 5.57 Å². The Labute approximate surface area is 96.2 Å². The molecule has 1 aromatic carbocycles. The molecule has 2 heteroatoms. The molecule has 0 radical (unpaired) electrons. The summed E-state index contributed by atoms with van der Waals surface area (Å²) in [6, 6.07) is 5.48. The molecule has 16 heavy (non-hydrogen) atoms. The zero-order valence-electron chi connectivity index (χ0n) is 9.91. The van der Waals surface area contributed by atoms with Gasteiger partial charge in [-0.1, -0.05) is 18.7 Å². The number of carbonyl (C=O) groups is 1. The van der Waals surface area contributed by atoms with Gasteiger partial charge in [-0.2, -0.15) is 0 Å². The molecule has 0 bridgehead atoms. The van der Waals surface area contributed by atoms with Gasteiger partial charge < -0.3 is 4.74 Å². The van der Waals surface area contributed by atoms with Gasteiger partial charge in [-0.05, 0) is 43.2 Å². The van der Waals surface area contributed by atoms with Crippen LogP contribution in [0, 0.1) is 0 Å². The molecule has 0 heterocycles. The lowest BCUT2D eigenvalue weighted by atomic mass is 9.97. The lowest BCUT2D eigenvalue weighted by Gasteiger charge is -2.09. The summed E-state index contributed by atoms with van der Waals surface area (Å²) in [7, 11) is 1.59. The molecule has 84 valence electrons. The first-order valence-corrected chi connectivity index (χ1v) is 5.12. The highest BCUT2D eigenvalue weighted by Crippen LogP contribution is 2.25. The maximum absolute atomic E-state index is 11.6. The van der Waals surface area contributed by atoms with Crippen LogP contribution in [0.15, 0.2) is 36.9 Å². The highest BCUT2D eigenvalue weighted by atomic mass is 16.5. The molecule has 0 unspecified atom stereocenters. The van der Waals surface area contributed by atoms with E-state index in [4.69, 9.17) is 4.74 Å². The van der Waals surface area contributed by atoms with Gasteiger partial charge in [0.1, 0.15) is 5.75 Å². The van der Waals surface area contributed by atoms with Crippen molar-refractivity contribution in [1.82, 2.24) is 0 Å². The van der Waals surface area contributed by atoms with Gasteiger partial charge in [0, 0.05) is 5.56 Å². The largest absolute Gasteiger partial charge is 0.497 e. The predicted molar refractivity (Wildman–Crippen MR) is 66.8 cm³/mol. The van der Waals surface area contributed by atoms with Crippen molar-refractivity contribution < 1.29 is 9.53 Å². The number of Topliss-reactive ketones (excluding diaryl/α,β-unsaturated/α-hetero) is 1. The van der Waals surface area contributed by atoms with Crippen LogP contribution >= 0.6 is 0 Å². The highest BCUT2D eigenvalue weighted by molar-refractivity contribution is 6.00. The van der Waals surface area contributed by atoms with E-state index < -0.39 is 0 Å². The first-order chi connectivity index (χ1) is 7.63. The van der Waals surface area contributed by atoms with Crippen LogP contribution in [0.2, 0.25) is 0 Å². The Bertz CT molecular complexity index is 442. The number of benzene rings is 1. The second kappa shape index (κ2) is 5.31. The molecule has 0 aliphatic rings. The van der Waals surface area contributed by atoms with Gasteiger partial charge in [-0.3, -0.25) is 4.79 Å². The maximum atomic E-state index is 11.6. The van der Waals surface area contributed by atoms with Crippen molar-refractivity contribution in [1.29, 1.82) is 0 Å². The Hall–Kier alpha value is -1.83. The van der Waals surface area contributed by atoms with E-state index in [-0.39, 0.29) is 5.78 Å². The minimum absolute atomic E-state index is 0.0232. The molecule has 1 aromatic rings. The fourth-order valence-electron chi connectivity index (χ4n) is 1.58. The van der Waals surface area contributed by atoms with Crippen LogP contribution in [-0.4, -0.2) is 12.9 Å². The van der Waals surface area contributed by atoms with E-state index in [1.165, 1.54) is 0 Å². The third-order valence-electron chi connectivity index (χ3n) is 2.45. The van der Waals surface area contributed by atoms with Gasteiger partial charge in [-0.25, -0.2) is 0 Å². The van der Waals surface area contributed by atoms with Crippen molar-refractivity contribution in [2.24, 2.45) is 0 Å².